The lowest BCUT2D eigenvalue weighted by Crippen LogP contribution is -2.24. The van der Waals surface area contributed by atoms with Gasteiger partial charge in [0.15, 0.2) is 5.78 Å². The zero-order chi connectivity index (χ0) is 9.56. The average Bonchev–Trinajstić information content (AvgIpc) is 2.05. The van der Waals surface area contributed by atoms with Crippen molar-refractivity contribution >= 4 is 11.6 Å². The van der Waals surface area contributed by atoms with Crippen LogP contribution in [0.1, 0.15) is 19.8 Å². The summed E-state index contributed by atoms with van der Waals surface area (Å²) in [5.74, 6) is -1.31. The third-order valence-corrected chi connectivity index (χ3v) is 1.34. The maximum Gasteiger partial charge on any atom is 0.224 e. The summed E-state index contributed by atoms with van der Waals surface area (Å²) in [7, 11) is 0. The molecule has 64 valence electrons. The van der Waals surface area contributed by atoms with E-state index in [0.29, 0.717) is 0 Å². The van der Waals surface area contributed by atoms with E-state index in [9.17, 15) is 9.59 Å². The molecule has 0 saturated heterocycles. The largest absolute Gasteiger partial charge is 0.291 e. The van der Waals surface area contributed by atoms with Crippen molar-refractivity contribution in [3.05, 3.63) is 0 Å². The number of carbonyl (C=O) groups is 2. The number of nitriles is 1. The molecule has 0 rings (SSSR count). The molecular formula is C7H9N3O2. The Morgan fingerprint density at radius 3 is 2.58 bits per heavy atom. The first-order chi connectivity index (χ1) is 5.63. The lowest BCUT2D eigenvalue weighted by molar-refractivity contribution is -0.136. The first-order valence-corrected chi connectivity index (χ1v) is 3.41. The first kappa shape index (κ1) is 10.4. The summed E-state index contributed by atoms with van der Waals surface area (Å²) in [6, 6.07) is 0.863. The Hall–Kier alpha value is -1.57. The van der Waals surface area contributed by atoms with E-state index in [1.807, 2.05) is 6.07 Å². The molecule has 5 nitrogen and oxygen atoms in total. The Bertz CT molecular complexity index is 242. The van der Waals surface area contributed by atoms with Crippen LogP contribution in [0.4, 0.5) is 0 Å². The fourth-order valence-electron chi connectivity index (χ4n) is 0.690. The third-order valence-electron chi connectivity index (χ3n) is 1.34. The van der Waals surface area contributed by atoms with Crippen LogP contribution in [0.2, 0.25) is 0 Å². The van der Waals surface area contributed by atoms with Crippen LogP contribution in [0.25, 0.3) is 0 Å². The number of carbonyl (C=O) groups excluding carboxylic acids is 2. The molecule has 0 aliphatic heterocycles. The minimum Gasteiger partial charge on any atom is -0.291 e. The molecule has 0 heterocycles. The van der Waals surface area contributed by atoms with Crippen LogP contribution in [0.15, 0.2) is 5.11 Å². The van der Waals surface area contributed by atoms with E-state index in [1.54, 1.807) is 0 Å². The second kappa shape index (κ2) is 5.13. The number of rotatable bonds is 5. The maximum atomic E-state index is 10.9. The third kappa shape index (κ3) is 3.01. The van der Waals surface area contributed by atoms with Gasteiger partial charge in [0.1, 0.15) is 6.04 Å². The number of nitrogens with one attached hydrogen (secondary N) is 1. The van der Waals surface area contributed by atoms with Gasteiger partial charge in [-0.15, -0.1) is 0 Å². The molecule has 0 bridgehead atoms. The van der Waals surface area contributed by atoms with Crippen LogP contribution in [0, 0.1) is 16.9 Å². The van der Waals surface area contributed by atoms with Crippen molar-refractivity contribution in [2.45, 2.75) is 25.8 Å². The van der Waals surface area contributed by atoms with Gasteiger partial charge in [0.25, 0.3) is 0 Å². The van der Waals surface area contributed by atoms with Crippen molar-refractivity contribution in [2.75, 3.05) is 0 Å². The van der Waals surface area contributed by atoms with Gasteiger partial charge in [-0.2, -0.15) is 10.4 Å². The fourth-order valence-corrected chi connectivity index (χ4v) is 0.690. The average molecular weight is 167 g/mol. The molecule has 0 spiro atoms. The smallest absolute Gasteiger partial charge is 0.224 e. The number of hydrogen-bond acceptors (Lipinski definition) is 5. The molecule has 0 aromatic carbocycles. The second-order valence-corrected chi connectivity index (χ2v) is 2.26. The number of Topliss-reactive ketones (excluding diaryl/α,β-unsaturated/α-hetero) is 2. The molecule has 1 N–H and O–H groups in total. The van der Waals surface area contributed by atoms with Gasteiger partial charge in [-0.05, 0) is 6.42 Å². The number of hydrogen-bond donors (Lipinski definition) is 1. The summed E-state index contributed by atoms with van der Waals surface area (Å²) in [5, 5.41) is 11.2. The zero-order valence-electron chi connectivity index (χ0n) is 6.70. The summed E-state index contributed by atoms with van der Waals surface area (Å²) >= 11 is 0. The highest BCUT2D eigenvalue weighted by molar-refractivity contribution is 6.38. The van der Waals surface area contributed by atoms with Crippen molar-refractivity contribution in [1.29, 1.82) is 10.8 Å². The van der Waals surface area contributed by atoms with E-state index in [-0.39, 0.29) is 12.8 Å². The summed E-state index contributed by atoms with van der Waals surface area (Å²) in [5.41, 5.74) is 6.60. The summed E-state index contributed by atoms with van der Waals surface area (Å²) < 4.78 is 0. The van der Waals surface area contributed by atoms with Crippen LogP contribution in [-0.4, -0.2) is 17.6 Å². The molecular weight excluding hydrogens is 158 g/mol. The van der Waals surface area contributed by atoms with Crippen LogP contribution in [0.5, 0.6) is 0 Å². The van der Waals surface area contributed by atoms with Gasteiger partial charge in [0.05, 0.1) is 6.07 Å². The summed E-state index contributed by atoms with van der Waals surface area (Å²) in [6.07, 6.45) is 0.282. The van der Waals surface area contributed by atoms with Crippen LogP contribution in [-0.2, 0) is 9.59 Å². The molecule has 0 fully saturated rings. The van der Waals surface area contributed by atoms with Crippen LogP contribution in [0.3, 0.4) is 0 Å². The molecule has 0 amide bonds. The molecule has 1 unspecified atom stereocenters. The van der Waals surface area contributed by atoms with Crippen molar-refractivity contribution in [3.63, 3.8) is 0 Å². The number of ketones is 2. The van der Waals surface area contributed by atoms with Gasteiger partial charge in [-0.3, -0.25) is 9.59 Å². The zero-order valence-corrected chi connectivity index (χ0v) is 6.70. The highest BCUT2D eigenvalue weighted by atomic mass is 16.2. The first-order valence-electron chi connectivity index (χ1n) is 3.41. The van der Waals surface area contributed by atoms with Crippen LogP contribution >= 0.6 is 0 Å². The molecule has 0 aromatic rings. The molecule has 0 aliphatic carbocycles. The molecule has 1 atom stereocenters. The van der Waals surface area contributed by atoms with Crippen molar-refractivity contribution in [2.24, 2.45) is 5.11 Å². The standard InChI is InChI=1S/C7H9N3O2/c1-5(11)7(12)6(10-9)3-2-4-8/h6,9H,2-3H2,1H3. The Labute approximate surface area is 69.9 Å². The van der Waals surface area contributed by atoms with Gasteiger partial charge >= 0.3 is 0 Å². The van der Waals surface area contributed by atoms with Crippen molar-refractivity contribution in [3.8, 4) is 6.07 Å². The van der Waals surface area contributed by atoms with E-state index < -0.39 is 17.6 Å². The Kier molecular flexibility index (Phi) is 4.46. The predicted octanol–water partition coefficient (Wildman–Crippen LogP) is 0.848. The highest BCUT2D eigenvalue weighted by Crippen LogP contribution is 2.03. The Morgan fingerprint density at radius 2 is 2.25 bits per heavy atom. The van der Waals surface area contributed by atoms with Crippen molar-refractivity contribution < 1.29 is 9.59 Å². The van der Waals surface area contributed by atoms with E-state index in [0.717, 1.165) is 6.92 Å². The normalized spacial score (nSPS) is 11.3. The summed E-state index contributed by atoms with van der Waals surface area (Å²) in [4.78, 5) is 21.4. The van der Waals surface area contributed by atoms with Crippen molar-refractivity contribution in [1.82, 2.24) is 0 Å². The molecule has 0 radical (unpaired) electrons. The lowest BCUT2D eigenvalue weighted by atomic mass is 10.1. The second-order valence-electron chi connectivity index (χ2n) is 2.26. The molecule has 12 heavy (non-hydrogen) atoms. The summed E-state index contributed by atoms with van der Waals surface area (Å²) in [6.45, 7) is 1.13. The monoisotopic (exact) mass is 167 g/mol. The van der Waals surface area contributed by atoms with E-state index in [2.05, 4.69) is 5.11 Å². The van der Waals surface area contributed by atoms with Gasteiger partial charge in [-0.25, -0.2) is 5.53 Å². The molecule has 5 heteroatoms. The van der Waals surface area contributed by atoms with E-state index in [4.69, 9.17) is 10.8 Å². The predicted molar refractivity (Wildman–Crippen MR) is 39.5 cm³/mol. The van der Waals surface area contributed by atoms with Gasteiger partial charge in [0, 0.05) is 13.3 Å². The van der Waals surface area contributed by atoms with E-state index >= 15 is 0 Å². The topological polar surface area (TPSA) is 94.1 Å². The van der Waals surface area contributed by atoms with Gasteiger partial charge in [0.2, 0.25) is 5.78 Å². The Morgan fingerprint density at radius 1 is 1.67 bits per heavy atom. The van der Waals surface area contributed by atoms with Gasteiger partial charge in [-0.1, -0.05) is 0 Å². The number of nitrogens with zero attached hydrogens (tertiary/aromatic N) is 2. The van der Waals surface area contributed by atoms with E-state index in [1.165, 1.54) is 0 Å². The maximum absolute atomic E-state index is 10.9. The minimum absolute atomic E-state index is 0.131. The SMILES string of the molecule is CC(=O)C(=O)C(CCC#N)N=N. The van der Waals surface area contributed by atoms with Crippen LogP contribution < -0.4 is 0 Å². The fraction of sp³-hybridized carbons (Fsp3) is 0.571. The van der Waals surface area contributed by atoms with Gasteiger partial charge < -0.3 is 0 Å². The minimum atomic E-state index is -0.956. The molecule has 0 saturated carbocycles. The quantitative estimate of drug-likeness (QED) is 0.485. The molecule has 0 aromatic heterocycles. The lowest BCUT2D eigenvalue weighted by Gasteiger charge is -2.02. The molecule has 0 aliphatic rings. The Balaban J connectivity index is 4.17. The highest BCUT2D eigenvalue weighted by Gasteiger charge is 2.20.